The van der Waals surface area contributed by atoms with Crippen molar-refractivity contribution in [1.82, 2.24) is 25.1 Å². The summed E-state index contributed by atoms with van der Waals surface area (Å²) < 4.78 is 15.2. The Hall–Kier alpha value is -2.64. The summed E-state index contributed by atoms with van der Waals surface area (Å²) in [7, 11) is 0. The number of halogens is 1. The molecule has 0 saturated heterocycles. The van der Waals surface area contributed by atoms with Crippen molar-refractivity contribution in [3.8, 4) is 5.69 Å². The van der Waals surface area contributed by atoms with E-state index in [0.717, 1.165) is 51.7 Å². The van der Waals surface area contributed by atoms with E-state index < -0.39 is 0 Å². The third kappa shape index (κ3) is 4.27. The van der Waals surface area contributed by atoms with Crippen LogP contribution in [-0.4, -0.2) is 31.8 Å². The van der Waals surface area contributed by atoms with Crippen molar-refractivity contribution in [3.63, 3.8) is 0 Å². The van der Waals surface area contributed by atoms with Crippen molar-refractivity contribution < 1.29 is 4.39 Å². The number of hydrogen-bond donors (Lipinski definition) is 2. The van der Waals surface area contributed by atoms with E-state index in [1.165, 1.54) is 12.1 Å². The SMILES string of the molecule is CSCCC(NCc1c(C)nn(-c2ccc(F)cc2)c1C)c1nc2ccccc2[nH]1. The largest absolute Gasteiger partial charge is 0.341 e. The summed E-state index contributed by atoms with van der Waals surface area (Å²) in [6.45, 7) is 4.76. The number of thioether (sulfide) groups is 1. The predicted molar refractivity (Wildman–Crippen MR) is 122 cm³/mol. The van der Waals surface area contributed by atoms with Gasteiger partial charge in [0.2, 0.25) is 0 Å². The fourth-order valence-corrected chi connectivity index (χ4v) is 4.17. The van der Waals surface area contributed by atoms with Crippen LogP contribution in [0.4, 0.5) is 4.39 Å². The fraction of sp³-hybridized carbons (Fsp3) is 0.304. The lowest BCUT2D eigenvalue weighted by Crippen LogP contribution is -2.23. The van der Waals surface area contributed by atoms with Crippen molar-refractivity contribution in [1.29, 1.82) is 0 Å². The van der Waals surface area contributed by atoms with Crippen LogP contribution >= 0.6 is 11.8 Å². The molecule has 0 aliphatic rings. The minimum Gasteiger partial charge on any atom is -0.341 e. The number of imidazole rings is 1. The van der Waals surface area contributed by atoms with E-state index in [2.05, 4.69) is 34.6 Å². The van der Waals surface area contributed by atoms with Gasteiger partial charge in [0.05, 0.1) is 28.5 Å². The highest BCUT2D eigenvalue weighted by Crippen LogP contribution is 2.23. The lowest BCUT2D eigenvalue weighted by molar-refractivity contribution is 0.500. The number of aromatic nitrogens is 4. The molecule has 1 unspecified atom stereocenters. The first kappa shape index (κ1) is 20.6. The highest BCUT2D eigenvalue weighted by atomic mass is 32.2. The third-order valence-corrected chi connectivity index (χ3v) is 6.03. The maximum atomic E-state index is 13.3. The minimum absolute atomic E-state index is 0.123. The molecule has 0 saturated carbocycles. The molecule has 0 bridgehead atoms. The van der Waals surface area contributed by atoms with Gasteiger partial charge in [-0.1, -0.05) is 12.1 Å². The van der Waals surface area contributed by atoms with Crippen LogP contribution < -0.4 is 5.32 Å². The van der Waals surface area contributed by atoms with Gasteiger partial charge in [0.15, 0.2) is 0 Å². The van der Waals surface area contributed by atoms with Gasteiger partial charge < -0.3 is 10.3 Å². The summed E-state index contributed by atoms with van der Waals surface area (Å²) >= 11 is 1.83. The maximum absolute atomic E-state index is 13.3. The standard InChI is InChI=1S/C23H26FN5S/c1-15-19(16(2)29(28-15)18-10-8-17(24)9-11-18)14-25-22(12-13-30-3)23-26-20-6-4-5-7-21(20)27-23/h4-11,22,25H,12-14H2,1-3H3,(H,26,27). The second-order valence-electron chi connectivity index (χ2n) is 7.39. The van der Waals surface area contributed by atoms with Crippen LogP contribution in [0.15, 0.2) is 48.5 Å². The van der Waals surface area contributed by atoms with Gasteiger partial charge in [-0.05, 0) is 68.7 Å². The van der Waals surface area contributed by atoms with Crippen molar-refractivity contribution in [3.05, 3.63) is 77.1 Å². The Kier molecular flexibility index (Phi) is 6.20. The van der Waals surface area contributed by atoms with Crippen LogP contribution in [-0.2, 0) is 6.54 Å². The third-order valence-electron chi connectivity index (χ3n) is 5.39. The fourth-order valence-electron chi connectivity index (χ4n) is 3.70. The lowest BCUT2D eigenvalue weighted by Gasteiger charge is -2.16. The average Bonchev–Trinajstić information content (AvgIpc) is 3.30. The zero-order chi connectivity index (χ0) is 21.1. The Bertz CT molecular complexity index is 1100. The smallest absolute Gasteiger partial charge is 0.124 e. The summed E-state index contributed by atoms with van der Waals surface area (Å²) in [5.74, 6) is 1.76. The van der Waals surface area contributed by atoms with E-state index in [-0.39, 0.29) is 11.9 Å². The topological polar surface area (TPSA) is 58.5 Å². The van der Waals surface area contributed by atoms with E-state index in [1.807, 2.05) is 41.6 Å². The summed E-state index contributed by atoms with van der Waals surface area (Å²) in [6.07, 6.45) is 3.10. The summed E-state index contributed by atoms with van der Waals surface area (Å²) in [5.41, 5.74) is 6.08. The van der Waals surface area contributed by atoms with Gasteiger partial charge in [0, 0.05) is 17.8 Å². The van der Waals surface area contributed by atoms with Gasteiger partial charge in [-0.2, -0.15) is 16.9 Å². The molecule has 30 heavy (non-hydrogen) atoms. The molecule has 156 valence electrons. The molecule has 2 N–H and O–H groups in total. The van der Waals surface area contributed by atoms with Gasteiger partial charge in [-0.3, -0.25) is 0 Å². The van der Waals surface area contributed by atoms with Gasteiger partial charge in [0.25, 0.3) is 0 Å². The molecule has 2 aromatic carbocycles. The number of benzene rings is 2. The van der Waals surface area contributed by atoms with Gasteiger partial charge in [-0.25, -0.2) is 14.1 Å². The number of fused-ring (bicyclic) bond motifs is 1. The molecule has 0 radical (unpaired) electrons. The zero-order valence-electron chi connectivity index (χ0n) is 17.4. The molecule has 0 aliphatic carbocycles. The van der Waals surface area contributed by atoms with Crippen LogP contribution in [0.3, 0.4) is 0 Å². The number of rotatable bonds is 8. The molecular weight excluding hydrogens is 397 g/mol. The number of nitrogens with zero attached hydrogens (tertiary/aromatic N) is 3. The number of aryl methyl sites for hydroxylation is 1. The van der Waals surface area contributed by atoms with Crippen LogP contribution in [0.25, 0.3) is 16.7 Å². The average molecular weight is 424 g/mol. The Morgan fingerprint density at radius 1 is 1.13 bits per heavy atom. The van der Waals surface area contributed by atoms with Gasteiger partial charge in [0.1, 0.15) is 11.6 Å². The monoisotopic (exact) mass is 423 g/mol. The number of H-pyrrole nitrogens is 1. The first-order valence-corrected chi connectivity index (χ1v) is 11.4. The van der Waals surface area contributed by atoms with E-state index >= 15 is 0 Å². The molecule has 4 rings (SSSR count). The molecule has 2 heterocycles. The minimum atomic E-state index is -0.246. The zero-order valence-corrected chi connectivity index (χ0v) is 18.3. The van der Waals surface area contributed by atoms with E-state index in [9.17, 15) is 4.39 Å². The van der Waals surface area contributed by atoms with Crippen molar-refractivity contribution >= 4 is 22.8 Å². The van der Waals surface area contributed by atoms with Crippen molar-refractivity contribution in [2.75, 3.05) is 12.0 Å². The van der Waals surface area contributed by atoms with E-state index in [0.29, 0.717) is 6.54 Å². The second-order valence-corrected chi connectivity index (χ2v) is 8.38. The molecular formula is C23H26FN5S. The maximum Gasteiger partial charge on any atom is 0.124 e. The van der Waals surface area contributed by atoms with E-state index in [1.54, 1.807) is 12.1 Å². The first-order valence-electron chi connectivity index (χ1n) is 10.0. The van der Waals surface area contributed by atoms with Crippen LogP contribution in [0.1, 0.15) is 35.2 Å². The molecule has 0 spiro atoms. The van der Waals surface area contributed by atoms with E-state index in [4.69, 9.17) is 4.98 Å². The summed E-state index contributed by atoms with van der Waals surface area (Å²) in [4.78, 5) is 8.27. The Labute approximate surface area is 180 Å². The second kappa shape index (κ2) is 9.02. The van der Waals surface area contributed by atoms with Crippen LogP contribution in [0.2, 0.25) is 0 Å². The predicted octanol–water partition coefficient (Wildman–Crippen LogP) is 5.09. The van der Waals surface area contributed by atoms with Crippen molar-refractivity contribution in [2.45, 2.75) is 32.9 Å². The summed E-state index contributed by atoms with van der Waals surface area (Å²) in [5, 5.41) is 8.37. The van der Waals surface area contributed by atoms with Gasteiger partial charge in [-0.15, -0.1) is 0 Å². The Morgan fingerprint density at radius 3 is 2.63 bits per heavy atom. The molecule has 1 atom stereocenters. The first-order chi connectivity index (χ1) is 14.6. The molecule has 4 aromatic rings. The molecule has 0 aliphatic heterocycles. The molecule has 0 amide bonds. The Balaban J connectivity index is 1.57. The van der Waals surface area contributed by atoms with Crippen LogP contribution in [0, 0.1) is 19.7 Å². The highest BCUT2D eigenvalue weighted by Gasteiger charge is 2.18. The normalized spacial score (nSPS) is 12.5. The highest BCUT2D eigenvalue weighted by molar-refractivity contribution is 7.98. The number of hydrogen-bond acceptors (Lipinski definition) is 4. The summed E-state index contributed by atoms with van der Waals surface area (Å²) in [6, 6.07) is 14.7. The molecule has 5 nitrogen and oxygen atoms in total. The molecule has 2 aromatic heterocycles. The van der Waals surface area contributed by atoms with Crippen molar-refractivity contribution in [2.24, 2.45) is 0 Å². The van der Waals surface area contributed by atoms with Crippen LogP contribution in [0.5, 0.6) is 0 Å². The quantitative estimate of drug-likeness (QED) is 0.415. The number of para-hydroxylation sites is 2. The number of aromatic amines is 1. The lowest BCUT2D eigenvalue weighted by atomic mass is 10.1. The molecule has 7 heteroatoms. The number of nitrogens with one attached hydrogen (secondary N) is 2. The Morgan fingerprint density at radius 2 is 1.90 bits per heavy atom. The van der Waals surface area contributed by atoms with Gasteiger partial charge >= 0.3 is 0 Å². The molecule has 0 fully saturated rings.